The standard InChI is InChI=1S/C29H23F6N3O9/c30-16-9-14-17(38(13-1-2-13)11-15(26(14)41)28(42)43)10-18(16)36-5-7-37(8-6-36)29(44)46-12-45-19(39)3-4-20(40)47-27-24(34)22(32)21(31)23(33)25(27)35/h9-11,13H,1-8,12H2,(H,42,43). The molecular formula is C29H23F6N3O9. The van der Waals surface area contributed by atoms with E-state index < -0.39 is 95.3 Å². The van der Waals surface area contributed by atoms with Gasteiger partial charge in [-0.2, -0.15) is 8.78 Å². The number of nitrogens with zero attached hydrogens (tertiary/aromatic N) is 3. The number of carbonyl (C=O) groups excluding carboxylic acids is 3. The minimum Gasteiger partial charge on any atom is -0.477 e. The number of esters is 2. The molecule has 1 saturated heterocycles. The van der Waals surface area contributed by atoms with E-state index in [9.17, 15) is 51.0 Å². The number of aromatic carboxylic acids is 1. The summed E-state index contributed by atoms with van der Waals surface area (Å²) in [7, 11) is 0. The molecule has 2 fully saturated rings. The Balaban J connectivity index is 1.10. The van der Waals surface area contributed by atoms with E-state index in [4.69, 9.17) is 4.74 Å². The fraction of sp³-hybridized carbons (Fsp3) is 0.345. The molecule has 0 bridgehead atoms. The molecule has 0 unspecified atom stereocenters. The molecular weight excluding hydrogens is 648 g/mol. The third-order valence-electron chi connectivity index (χ3n) is 7.47. The van der Waals surface area contributed by atoms with Gasteiger partial charge in [0, 0.05) is 43.8 Å². The van der Waals surface area contributed by atoms with Gasteiger partial charge in [0.1, 0.15) is 11.4 Å². The highest BCUT2D eigenvalue weighted by molar-refractivity contribution is 5.93. The Hall–Kier alpha value is -5.29. The molecule has 2 aromatic carbocycles. The lowest BCUT2D eigenvalue weighted by atomic mass is 10.1. The topological polar surface area (TPSA) is 145 Å². The van der Waals surface area contributed by atoms with Crippen molar-refractivity contribution in [3.05, 3.63) is 69.0 Å². The highest BCUT2D eigenvalue weighted by Crippen LogP contribution is 2.38. The lowest BCUT2D eigenvalue weighted by Crippen LogP contribution is -2.49. The van der Waals surface area contributed by atoms with Crippen LogP contribution in [0.5, 0.6) is 5.75 Å². The summed E-state index contributed by atoms with van der Waals surface area (Å²) in [6, 6.07) is 2.46. The molecule has 0 radical (unpaired) electrons. The monoisotopic (exact) mass is 671 g/mol. The van der Waals surface area contributed by atoms with Crippen molar-refractivity contribution in [1.29, 1.82) is 0 Å². The van der Waals surface area contributed by atoms with Crippen LogP contribution in [0.25, 0.3) is 10.9 Å². The Kier molecular flexibility index (Phi) is 9.30. The Morgan fingerprint density at radius 3 is 2.00 bits per heavy atom. The fourth-order valence-electron chi connectivity index (χ4n) is 4.89. The third-order valence-corrected chi connectivity index (χ3v) is 7.47. The van der Waals surface area contributed by atoms with Crippen LogP contribution < -0.4 is 15.1 Å². The van der Waals surface area contributed by atoms with Crippen molar-refractivity contribution in [2.24, 2.45) is 0 Å². The van der Waals surface area contributed by atoms with E-state index in [1.165, 1.54) is 17.2 Å². The number of benzene rings is 2. The van der Waals surface area contributed by atoms with Gasteiger partial charge in [-0.25, -0.2) is 27.2 Å². The number of hydrogen-bond acceptors (Lipinski definition) is 9. The number of halogens is 6. The minimum absolute atomic E-state index is 0.0171. The van der Waals surface area contributed by atoms with Crippen molar-refractivity contribution in [2.45, 2.75) is 31.7 Å². The number of anilines is 1. The van der Waals surface area contributed by atoms with Crippen LogP contribution in [0.15, 0.2) is 23.1 Å². The van der Waals surface area contributed by atoms with Gasteiger partial charge in [0.05, 0.1) is 24.0 Å². The minimum atomic E-state index is -2.45. The van der Waals surface area contributed by atoms with Crippen LogP contribution in [0, 0.1) is 34.9 Å². The van der Waals surface area contributed by atoms with Gasteiger partial charge in [-0.15, -0.1) is 0 Å². The molecule has 1 aliphatic carbocycles. The first kappa shape index (κ1) is 33.1. The number of pyridine rings is 1. The summed E-state index contributed by atoms with van der Waals surface area (Å²) in [6.07, 6.45) is 0.282. The van der Waals surface area contributed by atoms with E-state index in [-0.39, 0.29) is 43.3 Å². The average molecular weight is 672 g/mol. The molecule has 2 heterocycles. The smallest absolute Gasteiger partial charge is 0.412 e. The highest BCUT2D eigenvalue weighted by Gasteiger charge is 2.31. The largest absolute Gasteiger partial charge is 0.477 e. The molecule has 1 N–H and O–H groups in total. The Bertz CT molecular complexity index is 1830. The molecule has 1 aromatic heterocycles. The van der Waals surface area contributed by atoms with Gasteiger partial charge in [0.15, 0.2) is 0 Å². The van der Waals surface area contributed by atoms with Gasteiger partial charge in [0.25, 0.3) is 0 Å². The predicted octanol–water partition coefficient (Wildman–Crippen LogP) is 4.01. The van der Waals surface area contributed by atoms with E-state index >= 15 is 4.39 Å². The van der Waals surface area contributed by atoms with E-state index in [2.05, 4.69) is 9.47 Å². The highest BCUT2D eigenvalue weighted by atomic mass is 19.2. The first-order valence-electron chi connectivity index (χ1n) is 13.9. The van der Waals surface area contributed by atoms with Crippen LogP contribution in [0.2, 0.25) is 0 Å². The molecule has 3 aromatic rings. The van der Waals surface area contributed by atoms with Crippen molar-refractivity contribution in [2.75, 3.05) is 37.9 Å². The van der Waals surface area contributed by atoms with E-state index in [1.54, 1.807) is 9.47 Å². The normalized spacial score (nSPS) is 14.7. The van der Waals surface area contributed by atoms with Gasteiger partial charge in [-0.1, -0.05) is 0 Å². The van der Waals surface area contributed by atoms with Gasteiger partial charge in [0.2, 0.25) is 47.1 Å². The number of aromatic nitrogens is 1. The van der Waals surface area contributed by atoms with Crippen molar-refractivity contribution in [3.63, 3.8) is 0 Å². The van der Waals surface area contributed by atoms with Crippen LogP contribution in [-0.2, 0) is 19.1 Å². The van der Waals surface area contributed by atoms with Gasteiger partial charge < -0.3 is 33.7 Å². The summed E-state index contributed by atoms with van der Waals surface area (Å²) in [5.41, 5.74) is -0.724. The maximum absolute atomic E-state index is 15.2. The molecule has 0 spiro atoms. The van der Waals surface area contributed by atoms with Crippen molar-refractivity contribution >= 4 is 40.6 Å². The summed E-state index contributed by atoms with van der Waals surface area (Å²) in [6.45, 7) is -0.490. The molecule has 5 rings (SSSR count). The molecule has 1 aliphatic heterocycles. The molecule has 47 heavy (non-hydrogen) atoms. The number of carboxylic acids is 1. The van der Waals surface area contributed by atoms with Gasteiger partial charge >= 0.3 is 24.0 Å². The van der Waals surface area contributed by atoms with Crippen LogP contribution in [0.4, 0.5) is 36.8 Å². The molecule has 2 aliphatic rings. The van der Waals surface area contributed by atoms with E-state index in [1.807, 2.05) is 0 Å². The summed E-state index contributed by atoms with van der Waals surface area (Å²) in [5, 5.41) is 9.35. The van der Waals surface area contributed by atoms with Gasteiger partial charge in [-0.3, -0.25) is 14.4 Å². The second kappa shape index (κ2) is 13.2. The molecule has 250 valence electrons. The number of carboxylic acid groups (broad SMARTS) is 1. The van der Waals surface area contributed by atoms with Crippen molar-refractivity contribution < 1.29 is 64.8 Å². The second-order valence-electron chi connectivity index (χ2n) is 10.5. The van der Waals surface area contributed by atoms with Gasteiger partial charge in [-0.05, 0) is 25.0 Å². The number of fused-ring (bicyclic) bond motifs is 1. The number of carbonyl (C=O) groups is 4. The average Bonchev–Trinajstić information content (AvgIpc) is 3.89. The van der Waals surface area contributed by atoms with Crippen LogP contribution in [0.1, 0.15) is 42.1 Å². The maximum Gasteiger partial charge on any atom is 0.412 e. The first-order chi connectivity index (χ1) is 22.3. The zero-order chi connectivity index (χ0) is 34.2. The zero-order valence-electron chi connectivity index (χ0n) is 24.0. The maximum atomic E-state index is 15.2. The lowest BCUT2D eigenvalue weighted by Gasteiger charge is -2.35. The first-order valence-corrected chi connectivity index (χ1v) is 13.9. The van der Waals surface area contributed by atoms with E-state index in [0.29, 0.717) is 5.52 Å². The zero-order valence-corrected chi connectivity index (χ0v) is 24.0. The molecule has 0 atom stereocenters. The summed E-state index contributed by atoms with van der Waals surface area (Å²) in [5.74, 6) is -18.5. The Labute approximate surface area is 259 Å². The van der Waals surface area contributed by atoms with Crippen LogP contribution >= 0.6 is 0 Å². The lowest BCUT2D eigenvalue weighted by molar-refractivity contribution is -0.154. The van der Waals surface area contributed by atoms with Crippen molar-refractivity contribution in [3.8, 4) is 5.75 Å². The third kappa shape index (κ3) is 6.80. The summed E-state index contributed by atoms with van der Waals surface area (Å²) < 4.78 is 97.4. The molecule has 1 amide bonds. The number of piperazine rings is 1. The Morgan fingerprint density at radius 1 is 0.809 bits per heavy atom. The molecule has 18 heteroatoms. The quantitative estimate of drug-likeness (QED) is 0.0885. The second-order valence-corrected chi connectivity index (χ2v) is 10.5. The van der Waals surface area contributed by atoms with E-state index in [0.717, 1.165) is 18.9 Å². The number of ether oxygens (including phenoxy) is 3. The molecule has 12 nitrogen and oxygen atoms in total. The predicted molar refractivity (Wildman–Crippen MR) is 146 cm³/mol. The van der Waals surface area contributed by atoms with Crippen molar-refractivity contribution in [1.82, 2.24) is 9.47 Å². The number of amides is 1. The summed E-state index contributed by atoms with van der Waals surface area (Å²) >= 11 is 0. The SMILES string of the molecule is O=C(CCC(=O)Oc1c(F)c(F)c(F)c(F)c1F)OCOC(=O)N1CCN(c2cc3c(cc2F)c(=O)c(C(=O)O)cn3C2CC2)CC1. The van der Waals surface area contributed by atoms with Crippen LogP contribution in [-0.4, -0.2) is 71.5 Å². The molecule has 1 saturated carbocycles. The summed E-state index contributed by atoms with van der Waals surface area (Å²) in [4.78, 5) is 63.2. The fourth-order valence-corrected chi connectivity index (χ4v) is 4.89. The Morgan fingerprint density at radius 2 is 1.40 bits per heavy atom. The number of rotatable bonds is 9. The number of hydrogen-bond donors (Lipinski definition) is 1. The van der Waals surface area contributed by atoms with Crippen LogP contribution in [0.3, 0.4) is 0 Å².